The van der Waals surface area contributed by atoms with Crippen LogP contribution in [0.25, 0.3) is 0 Å². The molecule has 1 aliphatic rings. The summed E-state index contributed by atoms with van der Waals surface area (Å²) in [6.07, 6.45) is -0.0615. The lowest BCUT2D eigenvalue weighted by Crippen LogP contribution is -2.38. The molecule has 0 radical (unpaired) electrons. The van der Waals surface area contributed by atoms with Crippen molar-refractivity contribution in [1.29, 1.82) is 0 Å². The van der Waals surface area contributed by atoms with Gasteiger partial charge in [-0.15, -0.1) is 11.3 Å². The average molecular weight is 407 g/mol. The number of hydrogen-bond acceptors (Lipinski definition) is 8. The molecule has 1 amide bonds. The summed E-state index contributed by atoms with van der Waals surface area (Å²) in [6, 6.07) is 3.24. The van der Waals surface area contributed by atoms with Crippen LogP contribution in [-0.2, 0) is 4.74 Å². The van der Waals surface area contributed by atoms with Crippen LogP contribution < -0.4 is 14.8 Å². The van der Waals surface area contributed by atoms with Crippen LogP contribution in [0.3, 0.4) is 0 Å². The van der Waals surface area contributed by atoms with E-state index in [-0.39, 0.29) is 12.0 Å². The van der Waals surface area contributed by atoms with Crippen molar-refractivity contribution in [3.63, 3.8) is 0 Å². The molecule has 3 rings (SSSR count). The lowest BCUT2D eigenvalue weighted by atomic mass is 10.2. The van der Waals surface area contributed by atoms with Gasteiger partial charge < -0.3 is 14.2 Å². The minimum atomic E-state index is -0.275. The van der Waals surface area contributed by atoms with Crippen LogP contribution in [0, 0.1) is 6.92 Å². The van der Waals surface area contributed by atoms with Gasteiger partial charge in [-0.25, -0.2) is 4.98 Å². The SMILES string of the molecule is Cc1csc(NC(=O)c2cc(OCCN3CCOCC3)nc(OC(C)C)c2)n1. The highest BCUT2D eigenvalue weighted by Crippen LogP contribution is 2.21. The molecule has 0 saturated carbocycles. The number of ether oxygens (including phenoxy) is 3. The van der Waals surface area contributed by atoms with Crippen LogP contribution in [0.2, 0.25) is 0 Å². The molecule has 28 heavy (non-hydrogen) atoms. The average Bonchev–Trinajstić information content (AvgIpc) is 3.06. The summed E-state index contributed by atoms with van der Waals surface area (Å²) in [6.45, 7) is 10.2. The molecular formula is C19H26N4O4S. The molecule has 0 unspecified atom stereocenters. The normalized spacial score (nSPS) is 14.9. The van der Waals surface area contributed by atoms with E-state index in [0.29, 0.717) is 29.1 Å². The van der Waals surface area contributed by atoms with E-state index in [2.05, 4.69) is 20.2 Å². The molecule has 2 aromatic heterocycles. The number of aryl methyl sites for hydroxylation is 1. The number of nitrogens with one attached hydrogen (secondary N) is 1. The second kappa shape index (κ2) is 9.81. The predicted molar refractivity (Wildman–Crippen MR) is 108 cm³/mol. The lowest BCUT2D eigenvalue weighted by Gasteiger charge is -2.26. The summed E-state index contributed by atoms with van der Waals surface area (Å²) in [5.41, 5.74) is 1.28. The number of thiazole rings is 1. The van der Waals surface area contributed by atoms with Crippen LogP contribution in [-0.4, -0.2) is 66.3 Å². The van der Waals surface area contributed by atoms with Gasteiger partial charge >= 0.3 is 0 Å². The first-order valence-corrected chi connectivity index (χ1v) is 10.2. The first-order valence-electron chi connectivity index (χ1n) is 9.35. The van der Waals surface area contributed by atoms with Crippen molar-refractivity contribution in [2.45, 2.75) is 26.9 Å². The Morgan fingerprint density at radius 3 is 2.71 bits per heavy atom. The van der Waals surface area contributed by atoms with Crippen molar-refractivity contribution in [1.82, 2.24) is 14.9 Å². The Hall–Kier alpha value is -2.23. The van der Waals surface area contributed by atoms with Gasteiger partial charge in [0.05, 0.1) is 30.6 Å². The highest BCUT2D eigenvalue weighted by Gasteiger charge is 2.15. The van der Waals surface area contributed by atoms with E-state index in [1.165, 1.54) is 11.3 Å². The molecule has 152 valence electrons. The third-order valence-electron chi connectivity index (χ3n) is 4.00. The molecule has 9 heteroatoms. The molecule has 8 nitrogen and oxygen atoms in total. The van der Waals surface area contributed by atoms with E-state index in [4.69, 9.17) is 14.2 Å². The van der Waals surface area contributed by atoms with E-state index in [1.807, 2.05) is 26.2 Å². The van der Waals surface area contributed by atoms with Crippen molar-refractivity contribution in [2.24, 2.45) is 0 Å². The van der Waals surface area contributed by atoms with E-state index in [1.54, 1.807) is 12.1 Å². The Kier molecular flexibility index (Phi) is 7.18. The molecule has 0 bridgehead atoms. The smallest absolute Gasteiger partial charge is 0.257 e. The fourth-order valence-electron chi connectivity index (χ4n) is 2.67. The molecule has 2 aromatic rings. The van der Waals surface area contributed by atoms with Gasteiger partial charge in [0.15, 0.2) is 5.13 Å². The Bertz CT molecular complexity index is 790. The number of carbonyl (C=O) groups excluding carboxylic acids is 1. The number of nitrogens with zero attached hydrogens (tertiary/aromatic N) is 3. The van der Waals surface area contributed by atoms with Crippen LogP contribution in [0.4, 0.5) is 5.13 Å². The summed E-state index contributed by atoms with van der Waals surface area (Å²) in [7, 11) is 0. The van der Waals surface area contributed by atoms with Gasteiger partial charge in [-0.3, -0.25) is 15.0 Å². The van der Waals surface area contributed by atoms with Crippen LogP contribution in [0.1, 0.15) is 29.9 Å². The maximum absolute atomic E-state index is 12.6. The monoisotopic (exact) mass is 406 g/mol. The van der Waals surface area contributed by atoms with Crippen molar-refractivity contribution >= 4 is 22.4 Å². The maximum atomic E-state index is 12.6. The van der Waals surface area contributed by atoms with Crippen molar-refractivity contribution in [2.75, 3.05) is 44.8 Å². The number of carbonyl (C=O) groups is 1. The molecule has 0 aliphatic carbocycles. The molecule has 1 aliphatic heterocycles. The second-order valence-corrected chi connectivity index (χ2v) is 7.61. The number of morpholine rings is 1. The van der Waals surface area contributed by atoms with Crippen LogP contribution in [0.15, 0.2) is 17.5 Å². The first-order chi connectivity index (χ1) is 13.5. The minimum Gasteiger partial charge on any atom is -0.476 e. The first kappa shape index (κ1) is 20.5. The Labute approximate surface area is 168 Å². The minimum absolute atomic E-state index is 0.0615. The fourth-order valence-corrected chi connectivity index (χ4v) is 3.36. The lowest BCUT2D eigenvalue weighted by molar-refractivity contribution is 0.0319. The number of aromatic nitrogens is 2. The number of rotatable bonds is 8. The van der Waals surface area contributed by atoms with E-state index in [9.17, 15) is 4.79 Å². The topological polar surface area (TPSA) is 85.8 Å². The van der Waals surface area contributed by atoms with E-state index < -0.39 is 0 Å². The maximum Gasteiger partial charge on any atom is 0.257 e. The Morgan fingerprint density at radius 2 is 2.04 bits per heavy atom. The predicted octanol–water partition coefficient (Wildman–Crippen LogP) is 2.60. The molecule has 0 atom stereocenters. The standard InChI is InChI=1S/C19H26N4O4S/c1-13(2)27-17-11-15(18(24)22-19-20-14(3)12-28-19)10-16(21-17)26-9-6-23-4-7-25-8-5-23/h10-13H,4-9H2,1-3H3,(H,20,22,24). The molecule has 0 spiro atoms. The molecule has 3 heterocycles. The second-order valence-electron chi connectivity index (χ2n) is 6.75. The highest BCUT2D eigenvalue weighted by molar-refractivity contribution is 7.13. The van der Waals surface area contributed by atoms with Gasteiger partial charge in [0.1, 0.15) is 6.61 Å². The molecule has 0 aromatic carbocycles. The molecule has 1 N–H and O–H groups in total. The zero-order chi connectivity index (χ0) is 19.9. The third kappa shape index (κ3) is 6.15. The largest absolute Gasteiger partial charge is 0.476 e. The van der Waals surface area contributed by atoms with Gasteiger partial charge in [-0.05, 0) is 20.8 Å². The molecule has 1 saturated heterocycles. The van der Waals surface area contributed by atoms with Crippen molar-refractivity contribution in [3.05, 3.63) is 28.8 Å². The summed E-state index contributed by atoms with van der Waals surface area (Å²) < 4.78 is 16.8. The van der Waals surface area contributed by atoms with Gasteiger partial charge in [0.2, 0.25) is 11.8 Å². The van der Waals surface area contributed by atoms with Gasteiger partial charge in [0, 0.05) is 37.1 Å². The zero-order valence-electron chi connectivity index (χ0n) is 16.4. The molecule has 1 fully saturated rings. The number of anilines is 1. The van der Waals surface area contributed by atoms with E-state index in [0.717, 1.165) is 38.5 Å². The zero-order valence-corrected chi connectivity index (χ0v) is 17.3. The van der Waals surface area contributed by atoms with Crippen LogP contribution in [0.5, 0.6) is 11.8 Å². The van der Waals surface area contributed by atoms with E-state index >= 15 is 0 Å². The van der Waals surface area contributed by atoms with Gasteiger partial charge in [0.25, 0.3) is 5.91 Å². The van der Waals surface area contributed by atoms with Crippen molar-refractivity contribution in [3.8, 4) is 11.8 Å². The Morgan fingerprint density at radius 1 is 1.29 bits per heavy atom. The highest BCUT2D eigenvalue weighted by atomic mass is 32.1. The fraction of sp³-hybridized carbons (Fsp3) is 0.526. The van der Waals surface area contributed by atoms with Gasteiger partial charge in [-0.2, -0.15) is 4.98 Å². The quantitative estimate of drug-likeness (QED) is 0.721. The number of pyridine rings is 1. The summed E-state index contributed by atoms with van der Waals surface area (Å²) >= 11 is 1.38. The summed E-state index contributed by atoms with van der Waals surface area (Å²) in [5.74, 6) is 0.453. The van der Waals surface area contributed by atoms with Gasteiger partial charge in [-0.1, -0.05) is 0 Å². The molecular weight excluding hydrogens is 380 g/mol. The van der Waals surface area contributed by atoms with Crippen LogP contribution >= 0.6 is 11.3 Å². The third-order valence-corrected chi connectivity index (χ3v) is 4.87. The summed E-state index contributed by atoms with van der Waals surface area (Å²) in [5, 5.41) is 5.24. The number of hydrogen-bond donors (Lipinski definition) is 1. The summed E-state index contributed by atoms with van der Waals surface area (Å²) in [4.78, 5) is 23.5. The Balaban J connectivity index is 1.67. The van der Waals surface area contributed by atoms with Crippen molar-refractivity contribution < 1.29 is 19.0 Å². The number of amides is 1.